The molecule has 2 aromatic rings. The molecule has 2 N–H and O–H groups in total. The van der Waals surface area contributed by atoms with Crippen LogP contribution in [0.15, 0.2) is 24.3 Å². The van der Waals surface area contributed by atoms with Gasteiger partial charge in [-0.3, -0.25) is 14.5 Å². The van der Waals surface area contributed by atoms with Gasteiger partial charge in [-0.2, -0.15) is 5.10 Å². The summed E-state index contributed by atoms with van der Waals surface area (Å²) in [7, 11) is 1.63. The maximum absolute atomic E-state index is 12.4. The number of nitrogens with one attached hydrogen (secondary N) is 2. The molecule has 1 amide bonds. The number of carbonyl (C=O) groups is 1. The predicted molar refractivity (Wildman–Crippen MR) is 112 cm³/mol. The molecule has 152 valence electrons. The summed E-state index contributed by atoms with van der Waals surface area (Å²) in [4.78, 5) is 14.9. The van der Waals surface area contributed by atoms with Crippen molar-refractivity contribution < 1.29 is 9.53 Å². The lowest BCUT2D eigenvalue weighted by Crippen LogP contribution is -2.39. The van der Waals surface area contributed by atoms with Gasteiger partial charge in [0.05, 0.1) is 7.11 Å². The van der Waals surface area contributed by atoms with E-state index in [-0.39, 0.29) is 12.5 Å². The van der Waals surface area contributed by atoms with Crippen LogP contribution in [0.25, 0.3) is 11.4 Å². The van der Waals surface area contributed by atoms with Crippen LogP contribution in [0.5, 0.6) is 5.75 Å². The standard InChI is InChI=1S/C20H29N5O2S/c1-15-6-3-4-12-24(15)13-5-11-21-18(26)14-25-19(22-23-20(25)28)16-7-9-17(27-2)10-8-16/h7-10,15H,3-6,11-14H2,1-2H3,(H,21,26)(H,23,28). The molecule has 28 heavy (non-hydrogen) atoms. The lowest BCUT2D eigenvalue weighted by atomic mass is 10.0. The van der Waals surface area contributed by atoms with E-state index in [1.807, 2.05) is 24.3 Å². The van der Waals surface area contributed by atoms with Gasteiger partial charge in [-0.1, -0.05) is 6.42 Å². The van der Waals surface area contributed by atoms with E-state index in [9.17, 15) is 4.79 Å². The van der Waals surface area contributed by atoms with Crippen LogP contribution >= 0.6 is 12.2 Å². The Kier molecular flexibility index (Phi) is 7.22. The predicted octanol–water partition coefficient (Wildman–Crippen LogP) is 3.00. The second-order valence-corrected chi connectivity index (χ2v) is 7.64. The molecule has 3 rings (SSSR count). The Morgan fingerprint density at radius 1 is 1.36 bits per heavy atom. The van der Waals surface area contributed by atoms with Gasteiger partial charge in [-0.15, -0.1) is 0 Å². The first-order valence-electron chi connectivity index (χ1n) is 9.89. The zero-order valence-corrected chi connectivity index (χ0v) is 17.4. The molecule has 1 aromatic heterocycles. The zero-order valence-electron chi connectivity index (χ0n) is 16.6. The molecular formula is C20H29N5O2S. The number of H-pyrrole nitrogens is 1. The number of carbonyl (C=O) groups excluding carboxylic acids is 1. The zero-order chi connectivity index (χ0) is 19.9. The van der Waals surface area contributed by atoms with Crippen LogP contribution in [-0.2, 0) is 11.3 Å². The van der Waals surface area contributed by atoms with Crippen molar-refractivity contribution in [3.8, 4) is 17.1 Å². The van der Waals surface area contributed by atoms with Crippen LogP contribution in [0, 0.1) is 4.77 Å². The van der Waals surface area contributed by atoms with Gasteiger partial charge in [-0.25, -0.2) is 0 Å². The van der Waals surface area contributed by atoms with Crippen molar-refractivity contribution in [2.75, 3.05) is 26.7 Å². The van der Waals surface area contributed by atoms with Gasteiger partial charge in [0, 0.05) is 24.7 Å². The van der Waals surface area contributed by atoms with Crippen LogP contribution < -0.4 is 10.1 Å². The first-order chi connectivity index (χ1) is 13.6. The van der Waals surface area contributed by atoms with Gasteiger partial charge in [0.15, 0.2) is 10.6 Å². The van der Waals surface area contributed by atoms with Crippen molar-refractivity contribution in [2.45, 2.75) is 45.2 Å². The summed E-state index contributed by atoms with van der Waals surface area (Å²) in [5, 5.41) is 10.1. The topological polar surface area (TPSA) is 75.2 Å². The summed E-state index contributed by atoms with van der Waals surface area (Å²) >= 11 is 5.31. The second kappa shape index (κ2) is 9.84. The minimum atomic E-state index is -0.0565. The van der Waals surface area contributed by atoms with Crippen molar-refractivity contribution >= 4 is 18.1 Å². The third kappa shape index (κ3) is 5.20. The molecule has 1 unspecified atom stereocenters. The van der Waals surface area contributed by atoms with E-state index in [1.54, 1.807) is 11.7 Å². The Morgan fingerprint density at radius 3 is 2.86 bits per heavy atom. The normalized spacial score (nSPS) is 17.4. The minimum absolute atomic E-state index is 0.0565. The molecule has 1 aliphatic heterocycles. The van der Waals surface area contributed by atoms with E-state index < -0.39 is 0 Å². The van der Waals surface area contributed by atoms with Crippen LogP contribution in [0.2, 0.25) is 0 Å². The molecule has 0 saturated carbocycles. The highest BCUT2D eigenvalue weighted by Crippen LogP contribution is 2.21. The monoisotopic (exact) mass is 403 g/mol. The van der Waals surface area contributed by atoms with Gasteiger partial charge >= 0.3 is 0 Å². The number of ether oxygens (including phenoxy) is 1. The summed E-state index contributed by atoms with van der Waals surface area (Å²) in [5.74, 6) is 1.36. The van der Waals surface area contributed by atoms with Crippen LogP contribution in [0.1, 0.15) is 32.6 Å². The van der Waals surface area contributed by atoms with Crippen molar-refractivity contribution in [2.24, 2.45) is 0 Å². The van der Waals surface area contributed by atoms with E-state index in [4.69, 9.17) is 17.0 Å². The van der Waals surface area contributed by atoms with Gasteiger partial charge in [0.2, 0.25) is 5.91 Å². The molecule has 0 aliphatic carbocycles. The number of likely N-dealkylation sites (tertiary alicyclic amines) is 1. The highest BCUT2D eigenvalue weighted by atomic mass is 32.1. The average molecular weight is 404 g/mol. The molecule has 1 saturated heterocycles. The number of amides is 1. The number of aromatic amines is 1. The Hall–Kier alpha value is -2.19. The van der Waals surface area contributed by atoms with Crippen LogP contribution in [0.4, 0.5) is 0 Å². The number of nitrogens with zero attached hydrogens (tertiary/aromatic N) is 3. The molecular weight excluding hydrogens is 374 g/mol. The van der Waals surface area contributed by atoms with E-state index in [0.717, 1.165) is 24.3 Å². The first kappa shape index (κ1) is 20.5. The van der Waals surface area contributed by atoms with Gasteiger partial charge in [-0.05, 0) is 69.2 Å². The number of hydrogen-bond acceptors (Lipinski definition) is 5. The lowest BCUT2D eigenvalue weighted by molar-refractivity contribution is -0.121. The largest absolute Gasteiger partial charge is 0.497 e. The highest BCUT2D eigenvalue weighted by molar-refractivity contribution is 7.71. The third-order valence-electron chi connectivity index (χ3n) is 5.29. The summed E-state index contributed by atoms with van der Waals surface area (Å²) in [6.07, 6.45) is 4.84. The molecule has 1 atom stereocenters. The number of methoxy groups -OCH3 is 1. The second-order valence-electron chi connectivity index (χ2n) is 7.25. The van der Waals surface area contributed by atoms with Crippen molar-refractivity contribution in [3.05, 3.63) is 29.0 Å². The first-order valence-corrected chi connectivity index (χ1v) is 10.3. The van der Waals surface area contributed by atoms with E-state index in [1.165, 1.54) is 25.8 Å². The van der Waals surface area contributed by atoms with Gasteiger partial charge in [0.25, 0.3) is 0 Å². The Bertz CT molecular complexity index is 830. The smallest absolute Gasteiger partial charge is 0.240 e. The molecule has 2 heterocycles. The fraction of sp³-hybridized carbons (Fsp3) is 0.550. The summed E-state index contributed by atoms with van der Waals surface area (Å²) in [6.45, 7) is 5.31. The maximum Gasteiger partial charge on any atom is 0.240 e. The Morgan fingerprint density at radius 2 is 2.14 bits per heavy atom. The molecule has 1 aromatic carbocycles. The molecule has 0 spiro atoms. The van der Waals surface area contributed by atoms with E-state index >= 15 is 0 Å². The van der Waals surface area contributed by atoms with Crippen LogP contribution in [-0.4, -0.2) is 58.4 Å². The fourth-order valence-corrected chi connectivity index (χ4v) is 3.82. The molecule has 8 heteroatoms. The summed E-state index contributed by atoms with van der Waals surface area (Å²) in [5.41, 5.74) is 0.875. The number of piperidine rings is 1. The van der Waals surface area contributed by atoms with E-state index in [2.05, 4.69) is 27.3 Å². The maximum atomic E-state index is 12.4. The average Bonchev–Trinajstić information content (AvgIpc) is 3.07. The molecule has 0 radical (unpaired) electrons. The SMILES string of the molecule is COc1ccc(-c2n[nH]c(=S)n2CC(=O)NCCCN2CCCCC2C)cc1. The fourth-order valence-electron chi connectivity index (χ4n) is 3.62. The number of hydrogen-bond donors (Lipinski definition) is 2. The van der Waals surface area contributed by atoms with E-state index in [0.29, 0.717) is 23.2 Å². The van der Waals surface area contributed by atoms with Gasteiger partial charge < -0.3 is 15.0 Å². The molecule has 0 bridgehead atoms. The Balaban J connectivity index is 1.52. The lowest BCUT2D eigenvalue weighted by Gasteiger charge is -2.33. The Labute approximate surface area is 171 Å². The van der Waals surface area contributed by atoms with Gasteiger partial charge in [0.1, 0.15) is 12.3 Å². The quantitative estimate of drug-likeness (QED) is 0.524. The number of rotatable bonds is 8. The third-order valence-corrected chi connectivity index (χ3v) is 5.60. The van der Waals surface area contributed by atoms with Crippen molar-refractivity contribution in [3.63, 3.8) is 0 Å². The minimum Gasteiger partial charge on any atom is -0.497 e. The molecule has 1 fully saturated rings. The highest BCUT2D eigenvalue weighted by Gasteiger charge is 2.17. The summed E-state index contributed by atoms with van der Waals surface area (Å²) in [6, 6.07) is 8.18. The van der Waals surface area contributed by atoms with Crippen molar-refractivity contribution in [1.29, 1.82) is 0 Å². The van der Waals surface area contributed by atoms with Crippen LogP contribution in [0.3, 0.4) is 0 Å². The summed E-state index contributed by atoms with van der Waals surface area (Å²) < 4.78 is 7.34. The molecule has 1 aliphatic rings. The number of benzene rings is 1. The van der Waals surface area contributed by atoms with Crippen molar-refractivity contribution in [1.82, 2.24) is 25.0 Å². The number of aromatic nitrogens is 3. The molecule has 7 nitrogen and oxygen atoms in total.